The van der Waals surface area contributed by atoms with Gasteiger partial charge in [-0.25, -0.2) is 4.79 Å². The smallest absolute Gasteiger partial charge is 0.319 e. The lowest BCUT2D eigenvalue weighted by molar-refractivity contribution is -0.137. The van der Waals surface area contributed by atoms with Crippen molar-refractivity contribution in [2.24, 2.45) is 0 Å². The van der Waals surface area contributed by atoms with Crippen LogP contribution >= 0.6 is 0 Å². The minimum absolute atomic E-state index is 0.0176. The normalized spacial score (nSPS) is 10.6. The molecule has 21 heavy (non-hydrogen) atoms. The number of nitriles is 1. The van der Waals surface area contributed by atoms with Gasteiger partial charge in [0.1, 0.15) is 0 Å². The zero-order chi connectivity index (χ0) is 16.0. The Morgan fingerprint density at radius 3 is 2.57 bits per heavy atom. The molecule has 0 atom stereocenters. The number of nitrogens with one attached hydrogen (secondary N) is 2. The van der Waals surface area contributed by atoms with E-state index in [-0.39, 0.29) is 6.42 Å². The largest absolute Gasteiger partial charge is 0.481 e. The Balaban J connectivity index is 2.67. The molecular weight excluding hydrogens is 270 g/mol. The summed E-state index contributed by atoms with van der Waals surface area (Å²) in [7, 11) is 0. The fourth-order valence-corrected chi connectivity index (χ4v) is 1.87. The van der Waals surface area contributed by atoms with Gasteiger partial charge in [0.15, 0.2) is 0 Å². The Morgan fingerprint density at radius 2 is 2.00 bits per heavy atom. The van der Waals surface area contributed by atoms with E-state index in [2.05, 4.69) is 10.6 Å². The van der Waals surface area contributed by atoms with E-state index in [1.165, 1.54) is 0 Å². The van der Waals surface area contributed by atoms with Crippen LogP contribution in [-0.4, -0.2) is 22.6 Å². The van der Waals surface area contributed by atoms with Crippen LogP contribution in [-0.2, 0) is 4.79 Å². The minimum atomic E-state index is -0.900. The first-order valence-electron chi connectivity index (χ1n) is 6.54. The molecule has 0 aliphatic carbocycles. The highest BCUT2D eigenvalue weighted by molar-refractivity contribution is 5.90. The van der Waals surface area contributed by atoms with Crippen molar-refractivity contribution in [1.29, 1.82) is 5.26 Å². The summed E-state index contributed by atoms with van der Waals surface area (Å²) in [4.78, 5) is 22.5. The number of benzene rings is 1. The highest BCUT2D eigenvalue weighted by atomic mass is 16.4. The second-order valence-electron chi connectivity index (χ2n) is 5.56. The maximum Gasteiger partial charge on any atom is 0.319 e. The monoisotopic (exact) mass is 289 g/mol. The molecule has 0 saturated heterocycles. The van der Waals surface area contributed by atoms with Crippen LogP contribution in [0.4, 0.5) is 10.5 Å². The predicted molar refractivity (Wildman–Crippen MR) is 79.0 cm³/mol. The highest BCUT2D eigenvalue weighted by Crippen LogP contribution is 2.15. The number of hydrogen-bond donors (Lipinski definition) is 3. The van der Waals surface area contributed by atoms with Crippen LogP contribution in [0.1, 0.15) is 37.8 Å². The highest BCUT2D eigenvalue weighted by Gasteiger charge is 2.21. The minimum Gasteiger partial charge on any atom is -0.481 e. The van der Waals surface area contributed by atoms with Crippen LogP contribution < -0.4 is 10.6 Å². The molecule has 0 aromatic heterocycles. The number of aliphatic carboxylic acids is 1. The second kappa shape index (κ2) is 6.75. The Kier molecular flexibility index (Phi) is 5.30. The maximum absolute atomic E-state index is 11.9. The zero-order valence-corrected chi connectivity index (χ0v) is 12.4. The van der Waals surface area contributed by atoms with Crippen molar-refractivity contribution in [3.8, 4) is 6.07 Å². The number of rotatable bonds is 5. The third-order valence-corrected chi connectivity index (χ3v) is 2.88. The number of urea groups is 1. The van der Waals surface area contributed by atoms with Crippen molar-refractivity contribution in [2.75, 3.05) is 5.32 Å². The van der Waals surface area contributed by atoms with E-state index in [4.69, 9.17) is 10.4 Å². The maximum atomic E-state index is 11.9. The predicted octanol–water partition coefficient (Wildman–Crippen LogP) is 2.63. The molecule has 6 heteroatoms. The molecule has 1 aromatic rings. The molecule has 0 bridgehead atoms. The number of carboxylic acids is 1. The lowest BCUT2D eigenvalue weighted by atomic mass is 9.99. The number of carboxylic acid groups (broad SMARTS) is 1. The van der Waals surface area contributed by atoms with Crippen LogP contribution in [0.2, 0.25) is 0 Å². The molecule has 0 spiro atoms. The second-order valence-corrected chi connectivity index (χ2v) is 5.56. The first-order valence-corrected chi connectivity index (χ1v) is 6.54. The van der Waals surface area contributed by atoms with Crippen molar-refractivity contribution in [1.82, 2.24) is 5.32 Å². The van der Waals surface area contributed by atoms with Gasteiger partial charge in [-0.05, 0) is 51.0 Å². The zero-order valence-electron chi connectivity index (χ0n) is 12.4. The number of carbonyl (C=O) groups excluding carboxylic acids is 1. The Labute approximate surface area is 123 Å². The van der Waals surface area contributed by atoms with E-state index >= 15 is 0 Å². The van der Waals surface area contributed by atoms with E-state index in [0.29, 0.717) is 17.7 Å². The quantitative estimate of drug-likeness (QED) is 0.775. The van der Waals surface area contributed by atoms with Crippen LogP contribution in [0.25, 0.3) is 0 Å². The van der Waals surface area contributed by atoms with Crippen molar-refractivity contribution in [3.05, 3.63) is 29.3 Å². The van der Waals surface area contributed by atoms with Crippen LogP contribution in [0.15, 0.2) is 18.2 Å². The van der Waals surface area contributed by atoms with E-state index in [1.54, 1.807) is 32.0 Å². The molecule has 0 saturated carbocycles. The summed E-state index contributed by atoms with van der Waals surface area (Å²) in [6.45, 7) is 5.35. The summed E-state index contributed by atoms with van der Waals surface area (Å²) in [5.74, 6) is -0.900. The van der Waals surface area contributed by atoms with Crippen molar-refractivity contribution < 1.29 is 14.7 Å². The molecule has 0 radical (unpaired) electrons. The van der Waals surface area contributed by atoms with Gasteiger partial charge in [-0.3, -0.25) is 4.79 Å². The Hall–Kier alpha value is -2.55. The van der Waals surface area contributed by atoms with Gasteiger partial charge in [0.25, 0.3) is 0 Å². The molecule has 3 N–H and O–H groups in total. The van der Waals surface area contributed by atoms with E-state index in [9.17, 15) is 9.59 Å². The molecule has 0 heterocycles. The van der Waals surface area contributed by atoms with Gasteiger partial charge >= 0.3 is 12.0 Å². The summed E-state index contributed by atoms with van der Waals surface area (Å²) < 4.78 is 0. The first-order chi connectivity index (χ1) is 9.71. The van der Waals surface area contributed by atoms with Crippen molar-refractivity contribution in [2.45, 2.75) is 39.2 Å². The van der Waals surface area contributed by atoms with Crippen LogP contribution in [0.3, 0.4) is 0 Å². The fraction of sp³-hybridized carbons (Fsp3) is 0.400. The molecule has 2 amide bonds. The molecule has 0 unspecified atom stereocenters. The lowest BCUT2D eigenvalue weighted by Gasteiger charge is -2.25. The number of hydrogen-bond acceptors (Lipinski definition) is 3. The van der Waals surface area contributed by atoms with Gasteiger partial charge in [0, 0.05) is 17.6 Å². The van der Waals surface area contributed by atoms with E-state index in [1.807, 2.05) is 13.0 Å². The molecule has 0 aliphatic heterocycles. The van der Waals surface area contributed by atoms with E-state index < -0.39 is 17.5 Å². The van der Waals surface area contributed by atoms with E-state index in [0.717, 1.165) is 5.56 Å². The first kappa shape index (κ1) is 16.5. The summed E-state index contributed by atoms with van der Waals surface area (Å²) in [6.07, 6.45) is 0.309. The number of anilines is 1. The number of carbonyl (C=O) groups is 2. The SMILES string of the molecule is Cc1cc(C#N)cc(NC(=O)NC(C)(C)CCC(=O)O)c1. The van der Waals surface area contributed by atoms with Crippen LogP contribution in [0, 0.1) is 18.3 Å². The molecule has 1 rings (SSSR count). The standard InChI is InChI=1S/C15H19N3O3/c1-10-6-11(9-16)8-12(7-10)17-14(21)18-15(2,3)5-4-13(19)20/h6-8H,4-5H2,1-3H3,(H,19,20)(H2,17,18,21). The Bertz CT molecular complexity index is 588. The van der Waals surface area contributed by atoms with Gasteiger partial charge in [-0.15, -0.1) is 0 Å². The number of aryl methyl sites for hydroxylation is 1. The van der Waals surface area contributed by atoms with Crippen LogP contribution in [0.5, 0.6) is 0 Å². The fourth-order valence-electron chi connectivity index (χ4n) is 1.87. The lowest BCUT2D eigenvalue weighted by Crippen LogP contribution is -2.45. The van der Waals surface area contributed by atoms with Gasteiger partial charge < -0.3 is 15.7 Å². The summed E-state index contributed by atoms with van der Waals surface area (Å²) in [6, 6.07) is 6.65. The topological polar surface area (TPSA) is 102 Å². The van der Waals surface area contributed by atoms with Crippen molar-refractivity contribution >= 4 is 17.7 Å². The molecule has 0 fully saturated rings. The summed E-state index contributed by atoms with van der Waals surface area (Å²) in [5.41, 5.74) is 1.23. The summed E-state index contributed by atoms with van der Waals surface area (Å²) >= 11 is 0. The third kappa shape index (κ3) is 5.95. The number of nitrogens with zero attached hydrogens (tertiary/aromatic N) is 1. The van der Waals surface area contributed by atoms with Gasteiger partial charge in [0.05, 0.1) is 11.6 Å². The number of amides is 2. The van der Waals surface area contributed by atoms with Gasteiger partial charge in [-0.1, -0.05) is 0 Å². The molecule has 6 nitrogen and oxygen atoms in total. The van der Waals surface area contributed by atoms with Gasteiger partial charge in [-0.2, -0.15) is 5.26 Å². The molecule has 0 aliphatic rings. The molecular formula is C15H19N3O3. The third-order valence-electron chi connectivity index (χ3n) is 2.88. The molecule has 1 aromatic carbocycles. The average Bonchev–Trinajstić information content (AvgIpc) is 2.34. The summed E-state index contributed by atoms with van der Waals surface area (Å²) in [5, 5.41) is 22.9. The molecule has 112 valence electrons. The van der Waals surface area contributed by atoms with Crippen molar-refractivity contribution in [3.63, 3.8) is 0 Å². The van der Waals surface area contributed by atoms with Gasteiger partial charge in [0.2, 0.25) is 0 Å². The average molecular weight is 289 g/mol. The Morgan fingerprint density at radius 1 is 1.33 bits per heavy atom.